The van der Waals surface area contributed by atoms with Crippen molar-refractivity contribution in [2.45, 2.75) is 19.8 Å². The summed E-state index contributed by atoms with van der Waals surface area (Å²) in [7, 11) is 1.76. The van der Waals surface area contributed by atoms with Gasteiger partial charge < -0.3 is 9.88 Å². The molecule has 0 atom stereocenters. The van der Waals surface area contributed by atoms with E-state index in [1.54, 1.807) is 60.2 Å². The van der Waals surface area contributed by atoms with Crippen LogP contribution in [0, 0.1) is 6.92 Å². The predicted octanol–water partition coefficient (Wildman–Crippen LogP) is 6.57. The maximum atomic E-state index is 13.0. The SMILES string of the molecule is Cc1ccc(C(=O)c2ccc(CC(=O)NCC(=O)C3=C/C=C\C=C/C=C\C/C=C\C=C/C=C/C=C\C=C\3)n2C)cc1. The molecule has 1 heterocycles. The van der Waals surface area contributed by atoms with Gasteiger partial charge in [-0.05, 0) is 25.5 Å². The van der Waals surface area contributed by atoms with E-state index in [1.165, 1.54) is 0 Å². The number of hydrogen-bond donors (Lipinski definition) is 1. The smallest absolute Gasteiger partial charge is 0.226 e. The molecule has 1 aliphatic carbocycles. The molecule has 0 fully saturated rings. The Hall–Kier alpha value is -5.03. The average Bonchev–Trinajstić information content (AvgIpc) is 3.32. The Morgan fingerprint density at radius 1 is 0.732 bits per heavy atom. The molecule has 0 spiro atoms. The molecule has 1 N–H and O–H groups in total. The molecule has 1 amide bonds. The van der Waals surface area contributed by atoms with Crippen LogP contribution in [0.25, 0.3) is 0 Å². The van der Waals surface area contributed by atoms with Crippen LogP contribution in [0.15, 0.2) is 145 Å². The van der Waals surface area contributed by atoms with Gasteiger partial charge in [0.2, 0.25) is 11.7 Å². The maximum Gasteiger partial charge on any atom is 0.226 e. The third kappa shape index (κ3) is 10.6. The number of benzene rings is 1. The van der Waals surface area contributed by atoms with Crippen molar-refractivity contribution in [3.8, 4) is 0 Å². The number of ketones is 2. The number of aromatic nitrogens is 1. The van der Waals surface area contributed by atoms with Crippen molar-refractivity contribution < 1.29 is 14.4 Å². The highest BCUT2D eigenvalue weighted by Gasteiger charge is 2.17. The molecule has 5 nitrogen and oxygen atoms in total. The minimum absolute atomic E-state index is 0.0527. The third-order valence-corrected chi connectivity index (χ3v) is 6.20. The average molecular weight is 545 g/mol. The van der Waals surface area contributed by atoms with Crippen molar-refractivity contribution >= 4 is 17.5 Å². The van der Waals surface area contributed by atoms with Crippen molar-refractivity contribution in [2.24, 2.45) is 7.05 Å². The van der Waals surface area contributed by atoms with E-state index >= 15 is 0 Å². The summed E-state index contributed by atoms with van der Waals surface area (Å²) in [4.78, 5) is 38.6. The Bertz CT molecular complexity index is 1480. The van der Waals surface area contributed by atoms with Crippen molar-refractivity contribution in [2.75, 3.05) is 6.54 Å². The lowest BCUT2D eigenvalue weighted by Gasteiger charge is -2.09. The molecular weight excluding hydrogens is 508 g/mol. The quantitative estimate of drug-likeness (QED) is 0.401. The summed E-state index contributed by atoms with van der Waals surface area (Å²) in [6.45, 7) is 1.83. The molecule has 5 heteroatoms. The van der Waals surface area contributed by atoms with Crippen LogP contribution < -0.4 is 5.32 Å². The first kappa shape index (κ1) is 30.5. The maximum absolute atomic E-state index is 13.0. The number of rotatable bonds is 7. The van der Waals surface area contributed by atoms with E-state index in [1.807, 2.05) is 85.9 Å². The predicted molar refractivity (Wildman–Crippen MR) is 168 cm³/mol. The van der Waals surface area contributed by atoms with Crippen LogP contribution in [-0.4, -0.2) is 28.6 Å². The van der Waals surface area contributed by atoms with Crippen LogP contribution in [0.5, 0.6) is 0 Å². The molecule has 0 bridgehead atoms. The summed E-state index contributed by atoms with van der Waals surface area (Å²) >= 11 is 0. The van der Waals surface area contributed by atoms with Gasteiger partial charge >= 0.3 is 0 Å². The van der Waals surface area contributed by atoms with Gasteiger partial charge in [-0.15, -0.1) is 0 Å². The number of allylic oxidation sites excluding steroid dienone is 17. The Kier molecular flexibility index (Phi) is 12.5. The highest BCUT2D eigenvalue weighted by molar-refractivity contribution is 6.08. The number of nitrogens with zero attached hydrogens (tertiary/aromatic N) is 1. The van der Waals surface area contributed by atoms with Gasteiger partial charge in [0, 0.05) is 23.9 Å². The van der Waals surface area contributed by atoms with Crippen molar-refractivity contribution in [3.63, 3.8) is 0 Å². The molecule has 0 unspecified atom stereocenters. The van der Waals surface area contributed by atoms with Crippen LogP contribution in [0.3, 0.4) is 0 Å². The third-order valence-electron chi connectivity index (χ3n) is 6.20. The summed E-state index contributed by atoms with van der Waals surface area (Å²) in [6.07, 6.45) is 33.1. The normalized spacial score (nSPS) is 21.4. The molecule has 208 valence electrons. The first-order chi connectivity index (χ1) is 20.0. The molecular formula is C36H36N2O3. The van der Waals surface area contributed by atoms with Crippen LogP contribution in [0.4, 0.5) is 0 Å². The molecule has 0 radical (unpaired) electrons. The van der Waals surface area contributed by atoms with E-state index in [-0.39, 0.29) is 30.4 Å². The van der Waals surface area contributed by atoms with Gasteiger partial charge in [-0.3, -0.25) is 14.4 Å². The summed E-state index contributed by atoms with van der Waals surface area (Å²) in [5.74, 6) is -0.618. The number of Topliss-reactive ketones (excluding diaryl/α,β-unsaturated/α-hetero) is 1. The highest BCUT2D eigenvalue weighted by Crippen LogP contribution is 2.14. The summed E-state index contributed by atoms with van der Waals surface area (Å²) < 4.78 is 1.72. The second-order valence-electron chi connectivity index (χ2n) is 9.34. The largest absolute Gasteiger partial charge is 0.348 e. The first-order valence-corrected chi connectivity index (χ1v) is 13.5. The zero-order valence-electron chi connectivity index (χ0n) is 23.6. The summed E-state index contributed by atoms with van der Waals surface area (Å²) in [5.41, 5.74) is 3.32. The fourth-order valence-electron chi connectivity index (χ4n) is 3.85. The van der Waals surface area contributed by atoms with Gasteiger partial charge in [0.25, 0.3) is 0 Å². The lowest BCUT2D eigenvalue weighted by molar-refractivity contribution is -0.123. The lowest BCUT2D eigenvalue weighted by atomic mass is 10.1. The van der Waals surface area contributed by atoms with E-state index in [0.717, 1.165) is 12.0 Å². The molecule has 0 saturated carbocycles. The number of aryl methyl sites for hydroxylation is 1. The standard InChI is InChI=1S/C36H36N2O3/c1-29-21-23-31(24-22-29)36(41)33-26-25-32(38(33)2)27-35(40)37-28-34(39)30-19-17-15-13-11-9-7-5-3-4-6-8-10-12-14-16-18-20-30/h3-5,7-26H,6,27-28H2,1-2H3,(H,37,40)/b4-3-,7-5-,10-8-,11-9+,14-12-,15-13-,18-16-,19-17+,30-20+. The molecule has 0 saturated heterocycles. The van der Waals surface area contributed by atoms with Crippen LogP contribution in [0.1, 0.15) is 33.7 Å². The van der Waals surface area contributed by atoms with Gasteiger partial charge in [-0.1, -0.05) is 133 Å². The van der Waals surface area contributed by atoms with Gasteiger partial charge in [-0.25, -0.2) is 0 Å². The second kappa shape index (κ2) is 16.8. The Balaban J connectivity index is 1.63. The number of carbonyl (C=O) groups excluding carboxylic acids is 3. The Morgan fingerprint density at radius 3 is 1.98 bits per heavy atom. The minimum Gasteiger partial charge on any atom is -0.348 e. The topological polar surface area (TPSA) is 68.2 Å². The molecule has 2 aromatic rings. The monoisotopic (exact) mass is 544 g/mol. The van der Waals surface area contributed by atoms with Crippen LogP contribution >= 0.6 is 0 Å². The van der Waals surface area contributed by atoms with E-state index in [9.17, 15) is 14.4 Å². The van der Waals surface area contributed by atoms with E-state index in [2.05, 4.69) is 17.5 Å². The van der Waals surface area contributed by atoms with E-state index < -0.39 is 0 Å². The van der Waals surface area contributed by atoms with Gasteiger partial charge in [0.05, 0.1) is 18.7 Å². The fourth-order valence-corrected chi connectivity index (χ4v) is 3.85. The molecule has 41 heavy (non-hydrogen) atoms. The van der Waals surface area contributed by atoms with Gasteiger partial charge in [0.15, 0.2) is 5.78 Å². The van der Waals surface area contributed by atoms with Crippen molar-refractivity contribution in [1.29, 1.82) is 0 Å². The minimum atomic E-state index is -0.299. The van der Waals surface area contributed by atoms with E-state index in [0.29, 0.717) is 22.5 Å². The van der Waals surface area contributed by atoms with Crippen LogP contribution in [0.2, 0.25) is 0 Å². The van der Waals surface area contributed by atoms with Crippen molar-refractivity contribution in [1.82, 2.24) is 9.88 Å². The van der Waals surface area contributed by atoms with E-state index in [4.69, 9.17) is 0 Å². The number of nitrogens with one attached hydrogen (secondary N) is 1. The second-order valence-corrected chi connectivity index (χ2v) is 9.34. The summed E-state index contributed by atoms with van der Waals surface area (Å²) in [6, 6.07) is 10.9. The number of hydrogen-bond acceptors (Lipinski definition) is 3. The van der Waals surface area contributed by atoms with Gasteiger partial charge in [-0.2, -0.15) is 0 Å². The van der Waals surface area contributed by atoms with Gasteiger partial charge in [0.1, 0.15) is 0 Å². The fraction of sp³-hybridized carbons (Fsp3) is 0.139. The number of amides is 1. The Morgan fingerprint density at radius 2 is 1.32 bits per heavy atom. The molecule has 0 aliphatic heterocycles. The first-order valence-electron chi connectivity index (χ1n) is 13.5. The van der Waals surface area contributed by atoms with Crippen LogP contribution in [-0.2, 0) is 23.1 Å². The zero-order chi connectivity index (χ0) is 29.3. The molecule has 1 aromatic carbocycles. The highest BCUT2D eigenvalue weighted by atomic mass is 16.2. The lowest BCUT2D eigenvalue weighted by Crippen LogP contribution is -2.31. The Labute approximate surface area is 242 Å². The molecule has 3 rings (SSSR count). The zero-order valence-corrected chi connectivity index (χ0v) is 23.6. The summed E-state index contributed by atoms with van der Waals surface area (Å²) in [5, 5.41) is 2.72. The molecule has 1 aliphatic rings. The number of carbonyl (C=O) groups is 3. The van der Waals surface area contributed by atoms with Crippen molar-refractivity contribution in [3.05, 3.63) is 168 Å². The molecule has 1 aromatic heterocycles.